The van der Waals surface area contributed by atoms with Crippen LogP contribution in [-0.2, 0) is 19.0 Å². The molecule has 0 aromatic heterocycles. The molecule has 0 bridgehead atoms. The van der Waals surface area contributed by atoms with Gasteiger partial charge in [-0.2, -0.15) is 0 Å². The van der Waals surface area contributed by atoms with Gasteiger partial charge >= 0.3 is 5.97 Å². The van der Waals surface area contributed by atoms with E-state index in [1.807, 2.05) is 0 Å². The topological polar surface area (TPSA) is 44.8 Å². The molecule has 5 heteroatoms. The van der Waals surface area contributed by atoms with E-state index in [9.17, 15) is 4.79 Å². The van der Waals surface area contributed by atoms with Gasteiger partial charge in [-0.15, -0.1) is 11.6 Å². The van der Waals surface area contributed by atoms with Crippen LogP contribution >= 0.6 is 11.6 Å². The van der Waals surface area contributed by atoms with E-state index in [1.54, 1.807) is 0 Å². The highest BCUT2D eigenvalue weighted by Gasteiger charge is 2.02. The molecule has 0 unspecified atom stereocenters. The van der Waals surface area contributed by atoms with Crippen molar-refractivity contribution in [2.45, 2.75) is 58.3 Å². The molecule has 0 aliphatic heterocycles. The highest BCUT2D eigenvalue weighted by atomic mass is 35.5. The molecule has 0 fully saturated rings. The van der Waals surface area contributed by atoms with Crippen molar-refractivity contribution in [3.63, 3.8) is 0 Å². The number of halogens is 1. The molecule has 0 aromatic carbocycles. The summed E-state index contributed by atoms with van der Waals surface area (Å²) in [6, 6.07) is 0. The maximum absolute atomic E-state index is 11.4. The Bertz CT molecular complexity index is 224. The van der Waals surface area contributed by atoms with E-state index in [0.29, 0.717) is 45.3 Å². The lowest BCUT2D eigenvalue weighted by atomic mass is 10.1. The van der Waals surface area contributed by atoms with Crippen molar-refractivity contribution in [1.29, 1.82) is 0 Å². The molecule has 0 N–H and O–H groups in total. The fourth-order valence-corrected chi connectivity index (χ4v) is 2.00. The second kappa shape index (κ2) is 17.7. The molecule has 0 aromatic rings. The average molecular weight is 323 g/mol. The number of unbranched alkanes of at least 4 members (excludes halogenated alkanes) is 6. The molecule has 0 saturated heterocycles. The molecule has 0 aliphatic carbocycles. The van der Waals surface area contributed by atoms with Gasteiger partial charge in [0.25, 0.3) is 0 Å². The minimum atomic E-state index is -0.120. The monoisotopic (exact) mass is 322 g/mol. The molecule has 0 atom stereocenters. The minimum Gasteiger partial charge on any atom is -0.463 e. The van der Waals surface area contributed by atoms with E-state index < -0.39 is 0 Å². The lowest BCUT2D eigenvalue weighted by Gasteiger charge is -2.06. The first-order valence-corrected chi connectivity index (χ1v) is 8.71. The first-order chi connectivity index (χ1) is 10.3. The van der Waals surface area contributed by atoms with Crippen LogP contribution in [0.25, 0.3) is 0 Å². The first-order valence-electron chi connectivity index (χ1n) is 8.18. The summed E-state index contributed by atoms with van der Waals surface area (Å²) >= 11 is 5.46. The number of carbonyl (C=O) groups is 1. The molecule has 0 aliphatic rings. The fourth-order valence-electron chi connectivity index (χ4n) is 1.89. The van der Waals surface area contributed by atoms with Gasteiger partial charge in [-0.3, -0.25) is 4.79 Å². The zero-order valence-corrected chi connectivity index (χ0v) is 14.2. The van der Waals surface area contributed by atoms with Crippen LogP contribution in [0.1, 0.15) is 58.3 Å². The zero-order valence-electron chi connectivity index (χ0n) is 13.4. The molecule has 126 valence electrons. The number of rotatable bonds is 16. The number of esters is 1. The Hall–Kier alpha value is -0.320. The molecular weight excluding hydrogens is 292 g/mol. The molecule has 0 rings (SSSR count). The Balaban J connectivity index is 3.13. The van der Waals surface area contributed by atoms with E-state index >= 15 is 0 Å². The summed E-state index contributed by atoms with van der Waals surface area (Å²) in [5.41, 5.74) is 0. The summed E-state index contributed by atoms with van der Waals surface area (Å²) in [7, 11) is 0. The molecule has 4 nitrogen and oxygen atoms in total. The van der Waals surface area contributed by atoms with Crippen molar-refractivity contribution in [1.82, 2.24) is 0 Å². The largest absolute Gasteiger partial charge is 0.463 e. The predicted molar refractivity (Wildman–Crippen MR) is 85.9 cm³/mol. The number of hydrogen-bond acceptors (Lipinski definition) is 4. The fraction of sp³-hybridized carbons (Fsp3) is 0.938. The summed E-state index contributed by atoms with van der Waals surface area (Å²) in [5.74, 6) is 0.376. The number of hydrogen-bond donors (Lipinski definition) is 0. The minimum absolute atomic E-state index is 0.120. The molecule has 21 heavy (non-hydrogen) atoms. The normalized spacial score (nSPS) is 10.8. The Morgan fingerprint density at radius 2 is 1.38 bits per heavy atom. The smallest absolute Gasteiger partial charge is 0.305 e. The average Bonchev–Trinajstić information content (AvgIpc) is 2.49. The maximum atomic E-state index is 11.4. The zero-order chi connectivity index (χ0) is 15.6. The van der Waals surface area contributed by atoms with Crippen molar-refractivity contribution in [3.8, 4) is 0 Å². The lowest BCUT2D eigenvalue weighted by molar-refractivity contribution is -0.145. The third-order valence-corrected chi connectivity index (χ3v) is 3.22. The highest BCUT2D eigenvalue weighted by Crippen LogP contribution is 2.08. The third-order valence-electron chi connectivity index (χ3n) is 3.07. The van der Waals surface area contributed by atoms with Crippen LogP contribution in [0, 0.1) is 0 Å². The summed E-state index contributed by atoms with van der Waals surface area (Å²) in [4.78, 5) is 11.4. The Labute approximate surface area is 134 Å². The van der Waals surface area contributed by atoms with Crippen molar-refractivity contribution in [2.24, 2.45) is 0 Å². The number of ether oxygens (including phenoxy) is 3. The van der Waals surface area contributed by atoms with Gasteiger partial charge in [-0.05, 0) is 6.42 Å². The van der Waals surface area contributed by atoms with Gasteiger partial charge in [0.15, 0.2) is 0 Å². The van der Waals surface area contributed by atoms with Gasteiger partial charge in [0.1, 0.15) is 6.61 Å². The van der Waals surface area contributed by atoms with E-state index in [1.165, 1.54) is 32.1 Å². The van der Waals surface area contributed by atoms with Crippen LogP contribution in [0.15, 0.2) is 0 Å². The van der Waals surface area contributed by atoms with Crippen LogP contribution in [0.4, 0.5) is 0 Å². The SMILES string of the molecule is CCCCCCCCCC(=O)OCCOCCOCCCl. The summed E-state index contributed by atoms with van der Waals surface area (Å²) in [6.07, 6.45) is 8.97. The molecular formula is C16H31ClO4. The summed E-state index contributed by atoms with van der Waals surface area (Å²) in [6.45, 7) is 4.54. The van der Waals surface area contributed by atoms with Crippen LogP contribution in [0.2, 0.25) is 0 Å². The van der Waals surface area contributed by atoms with Crippen LogP contribution in [0.3, 0.4) is 0 Å². The van der Waals surface area contributed by atoms with Gasteiger partial charge in [0, 0.05) is 12.3 Å². The first kappa shape index (κ1) is 20.7. The standard InChI is InChI=1S/C16H31ClO4/c1-2-3-4-5-6-7-8-9-16(18)21-15-14-20-13-12-19-11-10-17/h2-15H2,1H3. The van der Waals surface area contributed by atoms with E-state index in [0.717, 1.165) is 12.8 Å². The van der Waals surface area contributed by atoms with Crippen LogP contribution < -0.4 is 0 Å². The molecule has 0 amide bonds. The van der Waals surface area contributed by atoms with Crippen molar-refractivity contribution in [3.05, 3.63) is 0 Å². The molecule has 0 saturated carbocycles. The second-order valence-corrected chi connectivity index (χ2v) is 5.38. The lowest BCUT2D eigenvalue weighted by Crippen LogP contribution is -2.13. The third kappa shape index (κ3) is 17.6. The predicted octanol–water partition coefficient (Wildman–Crippen LogP) is 3.94. The highest BCUT2D eigenvalue weighted by molar-refractivity contribution is 6.17. The van der Waals surface area contributed by atoms with Gasteiger partial charge in [0.2, 0.25) is 0 Å². The van der Waals surface area contributed by atoms with Crippen molar-refractivity contribution < 1.29 is 19.0 Å². The van der Waals surface area contributed by atoms with Crippen LogP contribution in [0.5, 0.6) is 0 Å². The molecule has 0 spiro atoms. The van der Waals surface area contributed by atoms with Gasteiger partial charge in [-0.25, -0.2) is 0 Å². The quantitative estimate of drug-likeness (QED) is 0.245. The summed E-state index contributed by atoms with van der Waals surface area (Å²) < 4.78 is 15.5. The van der Waals surface area contributed by atoms with E-state index in [2.05, 4.69) is 6.92 Å². The van der Waals surface area contributed by atoms with E-state index in [4.69, 9.17) is 25.8 Å². The van der Waals surface area contributed by atoms with Gasteiger partial charge in [-0.1, -0.05) is 45.4 Å². The number of carbonyl (C=O) groups excluding carboxylic acids is 1. The van der Waals surface area contributed by atoms with E-state index in [-0.39, 0.29) is 5.97 Å². The molecule has 0 radical (unpaired) electrons. The van der Waals surface area contributed by atoms with Gasteiger partial charge < -0.3 is 14.2 Å². The van der Waals surface area contributed by atoms with Crippen molar-refractivity contribution >= 4 is 17.6 Å². The maximum Gasteiger partial charge on any atom is 0.305 e. The Morgan fingerprint density at radius 3 is 2.05 bits per heavy atom. The summed E-state index contributed by atoms with van der Waals surface area (Å²) in [5, 5.41) is 0. The van der Waals surface area contributed by atoms with Gasteiger partial charge in [0.05, 0.1) is 26.4 Å². The molecule has 0 heterocycles. The number of alkyl halides is 1. The Kier molecular flexibility index (Phi) is 17.5. The Morgan fingerprint density at radius 1 is 0.810 bits per heavy atom. The second-order valence-electron chi connectivity index (χ2n) is 5.01. The van der Waals surface area contributed by atoms with Crippen molar-refractivity contribution in [2.75, 3.05) is 38.9 Å². The van der Waals surface area contributed by atoms with Crippen LogP contribution in [-0.4, -0.2) is 44.9 Å².